The molecule has 3 nitrogen and oxygen atoms in total. The van der Waals surface area contributed by atoms with Gasteiger partial charge in [0.2, 0.25) is 6.79 Å². The van der Waals surface area contributed by atoms with E-state index >= 15 is 0 Å². The topological polar surface area (TPSA) is 30.5 Å². The van der Waals surface area contributed by atoms with E-state index in [1.165, 1.54) is 30.5 Å². The summed E-state index contributed by atoms with van der Waals surface area (Å²) in [4.78, 5) is 0. The fraction of sp³-hybridized carbons (Fsp3) is 0.600. The highest BCUT2D eigenvalue weighted by molar-refractivity contribution is 5.49. The second kappa shape index (κ2) is 5.19. The van der Waals surface area contributed by atoms with Crippen molar-refractivity contribution in [1.29, 1.82) is 0 Å². The fourth-order valence-corrected chi connectivity index (χ4v) is 2.95. The second-order valence-electron chi connectivity index (χ2n) is 5.24. The van der Waals surface area contributed by atoms with Gasteiger partial charge in [0, 0.05) is 0 Å². The standard InChI is InChI=1S/C15H21NO2/c1-2-12-7-14-15(18-10-17-14)8-13(12)6-11-4-3-5-16-9-11/h7-8,11,16H,2-6,9-10H2,1H3. The Kier molecular flexibility index (Phi) is 3.41. The number of piperidine rings is 1. The van der Waals surface area contributed by atoms with Gasteiger partial charge < -0.3 is 14.8 Å². The van der Waals surface area contributed by atoms with Gasteiger partial charge in [-0.1, -0.05) is 6.92 Å². The van der Waals surface area contributed by atoms with Crippen LogP contribution in [-0.2, 0) is 12.8 Å². The molecule has 0 aromatic heterocycles. The minimum Gasteiger partial charge on any atom is -0.454 e. The van der Waals surface area contributed by atoms with E-state index in [9.17, 15) is 0 Å². The highest BCUT2D eigenvalue weighted by Crippen LogP contribution is 2.36. The van der Waals surface area contributed by atoms with E-state index in [4.69, 9.17) is 9.47 Å². The van der Waals surface area contributed by atoms with Gasteiger partial charge in [-0.05, 0) is 68.0 Å². The van der Waals surface area contributed by atoms with E-state index in [1.54, 1.807) is 0 Å². The van der Waals surface area contributed by atoms with E-state index in [0.29, 0.717) is 6.79 Å². The van der Waals surface area contributed by atoms with Crippen molar-refractivity contribution in [2.45, 2.75) is 32.6 Å². The van der Waals surface area contributed by atoms with Crippen molar-refractivity contribution in [2.24, 2.45) is 5.92 Å². The van der Waals surface area contributed by atoms with Crippen LogP contribution >= 0.6 is 0 Å². The first-order chi connectivity index (χ1) is 8.86. The van der Waals surface area contributed by atoms with Crippen LogP contribution in [0.5, 0.6) is 11.5 Å². The molecule has 98 valence electrons. The van der Waals surface area contributed by atoms with Crippen molar-refractivity contribution in [3.8, 4) is 11.5 Å². The molecule has 18 heavy (non-hydrogen) atoms. The lowest BCUT2D eigenvalue weighted by Gasteiger charge is -2.23. The first-order valence-corrected chi connectivity index (χ1v) is 6.99. The van der Waals surface area contributed by atoms with Crippen LogP contribution in [-0.4, -0.2) is 19.9 Å². The maximum Gasteiger partial charge on any atom is 0.231 e. The minimum atomic E-state index is 0.368. The maximum atomic E-state index is 5.49. The second-order valence-corrected chi connectivity index (χ2v) is 5.24. The lowest BCUT2D eigenvalue weighted by atomic mass is 9.89. The third kappa shape index (κ3) is 2.32. The summed E-state index contributed by atoms with van der Waals surface area (Å²) in [7, 11) is 0. The van der Waals surface area contributed by atoms with Crippen molar-refractivity contribution < 1.29 is 9.47 Å². The summed E-state index contributed by atoms with van der Waals surface area (Å²) in [5, 5.41) is 3.49. The van der Waals surface area contributed by atoms with Crippen LogP contribution in [0.25, 0.3) is 0 Å². The highest BCUT2D eigenvalue weighted by Gasteiger charge is 2.19. The highest BCUT2D eigenvalue weighted by atomic mass is 16.7. The quantitative estimate of drug-likeness (QED) is 0.890. The molecule has 1 N–H and O–H groups in total. The molecule has 0 aliphatic carbocycles. The van der Waals surface area contributed by atoms with Crippen LogP contribution in [0.4, 0.5) is 0 Å². The first-order valence-electron chi connectivity index (χ1n) is 6.99. The van der Waals surface area contributed by atoms with Crippen molar-refractivity contribution in [3.63, 3.8) is 0 Å². The monoisotopic (exact) mass is 247 g/mol. The van der Waals surface area contributed by atoms with Gasteiger partial charge in [-0.2, -0.15) is 0 Å². The van der Waals surface area contributed by atoms with E-state index in [2.05, 4.69) is 24.4 Å². The van der Waals surface area contributed by atoms with E-state index in [0.717, 1.165) is 36.8 Å². The largest absolute Gasteiger partial charge is 0.454 e. The van der Waals surface area contributed by atoms with Gasteiger partial charge >= 0.3 is 0 Å². The number of hydrogen-bond acceptors (Lipinski definition) is 3. The molecule has 1 saturated heterocycles. The predicted molar refractivity (Wildman–Crippen MR) is 71.2 cm³/mol. The molecule has 2 aliphatic heterocycles. The maximum absolute atomic E-state index is 5.49. The molecule has 0 saturated carbocycles. The normalized spacial score (nSPS) is 22.2. The van der Waals surface area contributed by atoms with Crippen LogP contribution in [0.15, 0.2) is 12.1 Å². The number of fused-ring (bicyclic) bond motifs is 1. The molecule has 2 aliphatic rings. The SMILES string of the molecule is CCc1cc2c(cc1CC1CCCNC1)OCO2. The molecule has 3 rings (SSSR count). The summed E-state index contributed by atoms with van der Waals surface area (Å²) >= 11 is 0. The third-order valence-corrected chi connectivity index (χ3v) is 3.98. The van der Waals surface area contributed by atoms with Crippen LogP contribution in [0.3, 0.4) is 0 Å². The number of aryl methyl sites for hydroxylation is 1. The molecule has 1 aromatic carbocycles. The molecule has 1 atom stereocenters. The van der Waals surface area contributed by atoms with Crippen LogP contribution < -0.4 is 14.8 Å². The smallest absolute Gasteiger partial charge is 0.231 e. The molecule has 2 heterocycles. The average Bonchev–Trinajstić information content (AvgIpc) is 2.86. The number of rotatable bonds is 3. The molecule has 0 bridgehead atoms. The Morgan fingerprint density at radius 2 is 2.00 bits per heavy atom. The number of hydrogen-bond donors (Lipinski definition) is 1. The zero-order valence-corrected chi connectivity index (χ0v) is 11.0. The Hall–Kier alpha value is -1.22. The Labute approximate surface area is 108 Å². The summed E-state index contributed by atoms with van der Waals surface area (Å²) in [5.41, 5.74) is 2.85. The third-order valence-electron chi connectivity index (χ3n) is 3.98. The zero-order valence-electron chi connectivity index (χ0n) is 11.0. The number of nitrogens with one attached hydrogen (secondary N) is 1. The summed E-state index contributed by atoms with van der Waals surface area (Å²) in [6.45, 7) is 4.91. The van der Waals surface area contributed by atoms with E-state index < -0.39 is 0 Å². The molecule has 3 heteroatoms. The molecule has 0 amide bonds. The van der Waals surface area contributed by atoms with Crippen LogP contribution in [0.1, 0.15) is 30.9 Å². The van der Waals surface area contributed by atoms with Crippen molar-refractivity contribution in [1.82, 2.24) is 5.32 Å². The number of benzene rings is 1. The Morgan fingerprint density at radius 3 is 2.67 bits per heavy atom. The predicted octanol–water partition coefficient (Wildman–Crippen LogP) is 2.52. The molecular weight excluding hydrogens is 226 g/mol. The fourth-order valence-electron chi connectivity index (χ4n) is 2.95. The summed E-state index contributed by atoms with van der Waals surface area (Å²) < 4.78 is 10.9. The van der Waals surface area contributed by atoms with Gasteiger partial charge in [0.15, 0.2) is 11.5 Å². The lowest BCUT2D eigenvalue weighted by molar-refractivity contribution is 0.174. The average molecular weight is 247 g/mol. The van der Waals surface area contributed by atoms with Gasteiger partial charge in [-0.25, -0.2) is 0 Å². The molecule has 1 fully saturated rings. The summed E-state index contributed by atoms with van der Waals surface area (Å²) in [6.07, 6.45) is 4.86. The van der Waals surface area contributed by atoms with Crippen molar-refractivity contribution >= 4 is 0 Å². The van der Waals surface area contributed by atoms with Gasteiger partial charge in [0.05, 0.1) is 0 Å². The van der Waals surface area contributed by atoms with E-state index in [-0.39, 0.29) is 0 Å². The van der Waals surface area contributed by atoms with Gasteiger partial charge in [-0.3, -0.25) is 0 Å². The molecule has 0 radical (unpaired) electrons. The molecule has 1 unspecified atom stereocenters. The Balaban J connectivity index is 1.81. The molecule has 1 aromatic rings. The van der Waals surface area contributed by atoms with Crippen molar-refractivity contribution in [3.05, 3.63) is 23.3 Å². The molecule has 0 spiro atoms. The summed E-state index contributed by atoms with van der Waals surface area (Å²) in [6, 6.07) is 4.35. The Bertz CT molecular complexity index is 425. The van der Waals surface area contributed by atoms with E-state index in [1.807, 2.05) is 0 Å². The van der Waals surface area contributed by atoms with Gasteiger partial charge in [0.1, 0.15) is 0 Å². The van der Waals surface area contributed by atoms with Gasteiger partial charge in [-0.15, -0.1) is 0 Å². The summed E-state index contributed by atoms with van der Waals surface area (Å²) in [5.74, 6) is 2.60. The Morgan fingerprint density at radius 1 is 1.22 bits per heavy atom. The van der Waals surface area contributed by atoms with Crippen LogP contribution in [0, 0.1) is 5.92 Å². The lowest BCUT2D eigenvalue weighted by Crippen LogP contribution is -2.31. The first kappa shape index (κ1) is 11.8. The number of ether oxygens (including phenoxy) is 2. The zero-order chi connectivity index (χ0) is 12.4. The van der Waals surface area contributed by atoms with Crippen LogP contribution in [0.2, 0.25) is 0 Å². The van der Waals surface area contributed by atoms with Crippen molar-refractivity contribution in [2.75, 3.05) is 19.9 Å². The molecular formula is C15H21NO2. The van der Waals surface area contributed by atoms with Gasteiger partial charge in [0.25, 0.3) is 0 Å². The minimum absolute atomic E-state index is 0.368.